The van der Waals surface area contributed by atoms with Gasteiger partial charge in [0, 0.05) is 40.5 Å². The van der Waals surface area contributed by atoms with Crippen molar-refractivity contribution in [3.63, 3.8) is 0 Å². The minimum Gasteiger partial charge on any atom is -0.478 e. The number of carbonyl (C=O) groups excluding carboxylic acids is 1. The maximum Gasteiger partial charge on any atom is 0.269 e. The van der Waals surface area contributed by atoms with Gasteiger partial charge in [0.2, 0.25) is 0 Å². The Balaban J connectivity index is 1.45. The summed E-state index contributed by atoms with van der Waals surface area (Å²) in [4.78, 5) is 17.5. The van der Waals surface area contributed by atoms with Crippen LogP contribution in [0.2, 0.25) is 5.02 Å². The lowest BCUT2D eigenvalue weighted by Crippen LogP contribution is -2.42. The summed E-state index contributed by atoms with van der Waals surface area (Å²) < 4.78 is 14.0. The third-order valence-electron chi connectivity index (χ3n) is 5.72. The van der Waals surface area contributed by atoms with Crippen LogP contribution < -0.4 is 10.1 Å². The normalized spacial score (nSPS) is 16.3. The number of aromatic nitrogens is 2. The molecule has 0 aliphatic carbocycles. The van der Waals surface area contributed by atoms with Gasteiger partial charge in [-0.2, -0.15) is 0 Å². The van der Waals surface area contributed by atoms with Gasteiger partial charge in [-0.3, -0.25) is 10.1 Å². The highest BCUT2D eigenvalue weighted by molar-refractivity contribution is 7.14. The molecule has 0 radical (unpaired) electrons. The molecule has 0 unspecified atom stereocenters. The van der Waals surface area contributed by atoms with Crippen molar-refractivity contribution in [2.24, 2.45) is 0 Å². The zero-order valence-electron chi connectivity index (χ0n) is 18.8. The van der Waals surface area contributed by atoms with Crippen LogP contribution in [0, 0.1) is 13.8 Å². The SMILES string of the molecule is Cc1cc(-c2csc(NC(=O)C(C)(C)Oc3ccc(Cl)cc3)n2)c(C)n1C[C@@H]1CCCO1. The minimum atomic E-state index is -1.07. The Morgan fingerprint density at radius 3 is 2.78 bits per heavy atom. The summed E-state index contributed by atoms with van der Waals surface area (Å²) in [5.41, 5.74) is 3.20. The summed E-state index contributed by atoms with van der Waals surface area (Å²) in [5, 5.41) is 6.03. The van der Waals surface area contributed by atoms with Gasteiger partial charge in [-0.05, 0) is 70.9 Å². The number of hydrogen-bond donors (Lipinski definition) is 1. The smallest absolute Gasteiger partial charge is 0.269 e. The predicted molar refractivity (Wildman–Crippen MR) is 129 cm³/mol. The van der Waals surface area contributed by atoms with E-state index in [0.717, 1.165) is 42.9 Å². The number of anilines is 1. The molecule has 170 valence electrons. The zero-order valence-corrected chi connectivity index (χ0v) is 20.3. The minimum absolute atomic E-state index is 0.266. The number of hydrogen-bond acceptors (Lipinski definition) is 5. The van der Waals surface area contributed by atoms with E-state index in [9.17, 15) is 4.79 Å². The molecule has 1 saturated heterocycles. The van der Waals surface area contributed by atoms with Crippen molar-refractivity contribution in [3.05, 3.63) is 52.1 Å². The molecule has 0 spiro atoms. The van der Waals surface area contributed by atoms with E-state index in [2.05, 4.69) is 34.8 Å². The first-order valence-electron chi connectivity index (χ1n) is 10.7. The average molecular weight is 474 g/mol. The lowest BCUT2D eigenvalue weighted by Gasteiger charge is -2.24. The quantitative estimate of drug-likeness (QED) is 0.467. The van der Waals surface area contributed by atoms with E-state index in [0.29, 0.717) is 15.9 Å². The fraction of sp³-hybridized carbons (Fsp3) is 0.417. The van der Waals surface area contributed by atoms with Crippen molar-refractivity contribution in [2.75, 3.05) is 11.9 Å². The van der Waals surface area contributed by atoms with Gasteiger partial charge in [-0.1, -0.05) is 11.6 Å². The Kier molecular flexibility index (Phi) is 6.60. The maximum atomic E-state index is 12.9. The summed E-state index contributed by atoms with van der Waals surface area (Å²) in [6, 6.07) is 9.09. The molecule has 1 amide bonds. The van der Waals surface area contributed by atoms with Gasteiger partial charge in [0.15, 0.2) is 10.7 Å². The highest BCUT2D eigenvalue weighted by Gasteiger charge is 2.31. The number of thiazole rings is 1. The largest absolute Gasteiger partial charge is 0.478 e. The molecule has 1 N–H and O–H groups in total. The van der Waals surface area contributed by atoms with Crippen LogP contribution in [-0.4, -0.2) is 33.8 Å². The number of carbonyl (C=O) groups is 1. The molecule has 1 aromatic carbocycles. The molecule has 6 nitrogen and oxygen atoms in total. The molecule has 3 heterocycles. The van der Waals surface area contributed by atoms with Crippen LogP contribution in [0.25, 0.3) is 11.3 Å². The monoisotopic (exact) mass is 473 g/mol. The van der Waals surface area contributed by atoms with Crippen molar-refractivity contribution < 1.29 is 14.3 Å². The summed E-state index contributed by atoms with van der Waals surface area (Å²) in [5.74, 6) is 0.310. The third-order valence-corrected chi connectivity index (χ3v) is 6.73. The molecule has 32 heavy (non-hydrogen) atoms. The first kappa shape index (κ1) is 22.8. The van der Waals surface area contributed by atoms with Crippen LogP contribution in [0.4, 0.5) is 5.13 Å². The molecule has 1 fully saturated rings. The summed E-state index contributed by atoms with van der Waals surface area (Å²) in [7, 11) is 0. The number of halogens is 1. The number of benzene rings is 1. The molecule has 8 heteroatoms. The van der Waals surface area contributed by atoms with Gasteiger partial charge < -0.3 is 14.0 Å². The third kappa shape index (κ3) is 5.00. The zero-order chi connectivity index (χ0) is 22.9. The molecule has 2 aromatic heterocycles. The number of ether oxygens (including phenoxy) is 2. The van der Waals surface area contributed by atoms with E-state index < -0.39 is 5.60 Å². The Morgan fingerprint density at radius 1 is 1.34 bits per heavy atom. The molecule has 1 atom stereocenters. The molecule has 1 aliphatic heterocycles. The van der Waals surface area contributed by atoms with Crippen molar-refractivity contribution in [3.8, 4) is 17.0 Å². The van der Waals surface area contributed by atoms with Gasteiger partial charge in [-0.25, -0.2) is 4.98 Å². The molecular formula is C24H28ClN3O3S. The van der Waals surface area contributed by atoms with E-state index in [1.165, 1.54) is 17.0 Å². The highest BCUT2D eigenvalue weighted by Crippen LogP contribution is 2.31. The second-order valence-corrected chi connectivity index (χ2v) is 9.88. The number of amides is 1. The molecular weight excluding hydrogens is 446 g/mol. The molecule has 3 aromatic rings. The van der Waals surface area contributed by atoms with Crippen LogP contribution in [0.15, 0.2) is 35.7 Å². The van der Waals surface area contributed by atoms with Gasteiger partial charge in [0.1, 0.15) is 5.75 Å². The molecule has 0 saturated carbocycles. The van der Waals surface area contributed by atoms with Crippen LogP contribution >= 0.6 is 22.9 Å². The number of rotatable bonds is 7. The van der Waals surface area contributed by atoms with Gasteiger partial charge >= 0.3 is 0 Å². The molecule has 4 rings (SSSR count). The van der Waals surface area contributed by atoms with Crippen LogP contribution in [0.3, 0.4) is 0 Å². The van der Waals surface area contributed by atoms with Crippen molar-refractivity contribution in [2.45, 2.75) is 58.8 Å². The lowest BCUT2D eigenvalue weighted by atomic mass is 10.1. The Bertz CT molecular complexity index is 1100. The Labute approximate surface area is 197 Å². The number of nitrogens with one attached hydrogen (secondary N) is 1. The summed E-state index contributed by atoms with van der Waals surface area (Å²) >= 11 is 7.32. The van der Waals surface area contributed by atoms with Crippen LogP contribution in [-0.2, 0) is 16.1 Å². The first-order chi connectivity index (χ1) is 15.2. The highest BCUT2D eigenvalue weighted by atomic mass is 35.5. The van der Waals surface area contributed by atoms with Gasteiger partial charge in [-0.15, -0.1) is 11.3 Å². The lowest BCUT2D eigenvalue weighted by molar-refractivity contribution is -0.128. The summed E-state index contributed by atoms with van der Waals surface area (Å²) in [6.45, 7) is 9.38. The standard InChI is InChI=1S/C24H28ClN3O3S/c1-15-12-20(16(2)28(15)13-19-6-5-11-30-19)21-14-32-23(26-21)27-22(29)24(3,4)31-18-9-7-17(25)8-10-18/h7-10,12,14,19H,5-6,11,13H2,1-4H3,(H,26,27,29)/t19-/m0/s1. The molecule has 1 aliphatic rings. The topological polar surface area (TPSA) is 65.4 Å². The van der Waals surface area contributed by atoms with E-state index in [4.69, 9.17) is 21.1 Å². The first-order valence-corrected chi connectivity index (χ1v) is 12.0. The average Bonchev–Trinajstić information content (AvgIpc) is 3.48. The van der Waals surface area contributed by atoms with Crippen molar-refractivity contribution in [1.29, 1.82) is 0 Å². The predicted octanol–water partition coefficient (Wildman–Crippen LogP) is 5.86. The Morgan fingerprint density at radius 2 is 2.09 bits per heavy atom. The van der Waals surface area contributed by atoms with E-state index in [1.807, 2.05) is 5.38 Å². The van der Waals surface area contributed by atoms with E-state index in [1.54, 1.807) is 38.1 Å². The van der Waals surface area contributed by atoms with E-state index >= 15 is 0 Å². The number of nitrogens with zero attached hydrogens (tertiary/aromatic N) is 2. The maximum absolute atomic E-state index is 12.9. The fourth-order valence-electron chi connectivity index (χ4n) is 3.88. The Hall–Kier alpha value is -2.35. The fourth-order valence-corrected chi connectivity index (χ4v) is 4.71. The van der Waals surface area contributed by atoms with Gasteiger partial charge in [0.05, 0.1) is 11.8 Å². The van der Waals surface area contributed by atoms with Gasteiger partial charge in [0.25, 0.3) is 5.91 Å². The van der Waals surface area contributed by atoms with Crippen molar-refractivity contribution >= 4 is 34.0 Å². The van der Waals surface area contributed by atoms with Crippen LogP contribution in [0.5, 0.6) is 5.75 Å². The second-order valence-electron chi connectivity index (χ2n) is 8.59. The summed E-state index contributed by atoms with van der Waals surface area (Å²) in [6.07, 6.45) is 2.51. The molecule has 0 bridgehead atoms. The van der Waals surface area contributed by atoms with Crippen molar-refractivity contribution in [1.82, 2.24) is 9.55 Å². The van der Waals surface area contributed by atoms with Crippen LogP contribution in [0.1, 0.15) is 38.1 Å². The van der Waals surface area contributed by atoms with E-state index in [-0.39, 0.29) is 12.0 Å². The second kappa shape index (κ2) is 9.25. The number of aryl methyl sites for hydroxylation is 1.